The molecule has 162 valence electrons. The number of benzene rings is 3. The van der Waals surface area contributed by atoms with Crippen molar-refractivity contribution in [1.82, 2.24) is 15.2 Å². The second-order valence-corrected chi connectivity index (χ2v) is 8.45. The lowest BCUT2D eigenvalue weighted by atomic mass is 10.1. The molecule has 0 bridgehead atoms. The van der Waals surface area contributed by atoms with Crippen molar-refractivity contribution < 1.29 is 9.53 Å². The minimum absolute atomic E-state index is 0.132. The van der Waals surface area contributed by atoms with Gasteiger partial charge < -0.3 is 10.1 Å². The van der Waals surface area contributed by atoms with Crippen LogP contribution in [-0.2, 0) is 11.4 Å². The Morgan fingerprint density at radius 2 is 1.72 bits per heavy atom. The Morgan fingerprint density at radius 1 is 1.00 bits per heavy atom. The van der Waals surface area contributed by atoms with Crippen molar-refractivity contribution in [1.29, 1.82) is 0 Å². The van der Waals surface area contributed by atoms with E-state index < -0.39 is 5.25 Å². The number of aryl methyl sites for hydroxylation is 2. The number of nitrogens with one attached hydrogen (secondary N) is 2. The molecule has 3 aromatic carbocycles. The van der Waals surface area contributed by atoms with Crippen molar-refractivity contribution in [2.45, 2.75) is 30.9 Å². The number of anilines is 1. The Labute approximate surface area is 191 Å². The largest absolute Gasteiger partial charge is 0.485 e. The lowest BCUT2D eigenvalue weighted by Crippen LogP contribution is -2.19. The predicted octanol–water partition coefficient (Wildman–Crippen LogP) is 5.47. The lowest BCUT2D eigenvalue weighted by Gasteiger charge is -2.15. The van der Waals surface area contributed by atoms with Crippen molar-refractivity contribution in [2.75, 3.05) is 5.32 Å². The molecule has 6 nitrogen and oxygen atoms in total. The Kier molecular flexibility index (Phi) is 6.87. The summed E-state index contributed by atoms with van der Waals surface area (Å²) in [6.07, 6.45) is 0. The third-order valence-corrected chi connectivity index (χ3v) is 5.97. The third-order valence-electron chi connectivity index (χ3n) is 4.85. The molecule has 1 atom stereocenters. The van der Waals surface area contributed by atoms with Crippen LogP contribution >= 0.6 is 11.8 Å². The minimum atomic E-state index is -0.501. The fourth-order valence-corrected chi connectivity index (χ4v) is 4.04. The first kappa shape index (κ1) is 21.6. The molecule has 0 saturated carbocycles. The van der Waals surface area contributed by atoms with Crippen LogP contribution in [-0.4, -0.2) is 21.1 Å². The predicted molar refractivity (Wildman–Crippen MR) is 127 cm³/mol. The van der Waals surface area contributed by atoms with Gasteiger partial charge in [0.1, 0.15) is 17.6 Å². The molecular formula is C25H24N4O2S. The van der Waals surface area contributed by atoms with Crippen molar-refractivity contribution in [3.05, 3.63) is 101 Å². The van der Waals surface area contributed by atoms with Gasteiger partial charge in [0.15, 0.2) is 5.82 Å². The molecule has 0 aliphatic carbocycles. The molecule has 0 aliphatic rings. The zero-order valence-electron chi connectivity index (χ0n) is 17.9. The number of aromatic amines is 1. The van der Waals surface area contributed by atoms with Crippen molar-refractivity contribution in [2.24, 2.45) is 0 Å². The number of thioether (sulfide) groups is 1. The molecule has 1 aromatic heterocycles. The summed E-state index contributed by atoms with van der Waals surface area (Å²) < 4.78 is 5.84. The number of carbonyl (C=O) groups is 1. The van der Waals surface area contributed by atoms with Gasteiger partial charge in [-0.05, 0) is 43.2 Å². The summed E-state index contributed by atoms with van der Waals surface area (Å²) in [6, 6.07) is 25.2. The van der Waals surface area contributed by atoms with Gasteiger partial charge in [-0.25, -0.2) is 4.98 Å². The molecule has 0 spiro atoms. The zero-order chi connectivity index (χ0) is 22.3. The highest BCUT2D eigenvalue weighted by Gasteiger charge is 2.24. The first-order valence-electron chi connectivity index (χ1n) is 10.3. The van der Waals surface area contributed by atoms with Crippen LogP contribution in [0.3, 0.4) is 0 Å². The number of para-hydroxylation sites is 1. The van der Waals surface area contributed by atoms with Gasteiger partial charge in [0, 0.05) is 5.69 Å². The van der Waals surface area contributed by atoms with Gasteiger partial charge in [0.25, 0.3) is 0 Å². The Balaban J connectivity index is 1.47. The minimum Gasteiger partial charge on any atom is -0.485 e. The molecule has 1 heterocycles. The number of hydrogen-bond acceptors (Lipinski definition) is 5. The summed E-state index contributed by atoms with van der Waals surface area (Å²) in [5.41, 5.74) is 3.82. The average Bonchev–Trinajstić information content (AvgIpc) is 3.26. The van der Waals surface area contributed by atoms with Crippen molar-refractivity contribution in [3.63, 3.8) is 0 Å². The van der Waals surface area contributed by atoms with Gasteiger partial charge in [-0.15, -0.1) is 5.10 Å². The van der Waals surface area contributed by atoms with Crippen LogP contribution in [0.25, 0.3) is 0 Å². The first-order valence-corrected chi connectivity index (χ1v) is 11.2. The van der Waals surface area contributed by atoms with E-state index in [0.29, 0.717) is 11.0 Å². The van der Waals surface area contributed by atoms with Gasteiger partial charge in [-0.3, -0.25) is 9.89 Å². The number of ether oxygens (including phenoxy) is 1. The maximum Gasteiger partial charge on any atom is 0.242 e. The number of carbonyl (C=O) groups excluding carboxylic acids is 1. The highest BCUT2D eigenvalue weighted by atomic mass is 32.2. The maximum absolute atomic E-state index is 13.1. The molecule has 1 amide bonds. The molecule has 0 radical (unpaired) electrons. The van der Waals surface area contributed by atoms with E-state index in [0.717, 1.165) is 28.1 Å². The first-order chi connectivity index (χ1) is 15.6. The molecular weight excluding hydrogens is 420 g/mol. The van der Waals surface area contributed by atoms with Gasteiger partial charge >= 0.3 is 0 Å². The van der Waals surface area contributed by atoms with E-state index >= 15 is 0 Å². The summed E-state index contributed by atoms with van der Waals surface area (Å²) in [7, 11) is 0. The molecule has 1 unspecified atom stereocenters. The second kappa shape index (κ2) is 10.2. The summed E-state index contributed by atoms with van der Waals surface area (Å²) in [6.45, 7) is 4.27. The highest BCUT2D eigenvalue weighted by molar-refractivity contribution is 8.00. The fourth-order valence-electron chi connectivity index (χ4n) is 3.11. The van der Waals surface area contributed by atoms with E-state index in [1.54, 1.807) is 0 Å². The molecule has 32 heavy (non-hydrogen) atoms. The van der Waals surface area contributed by atoms with Crippen molar-refractivity contribution in [3.8, 4) is 5.75 Å². The zero-order valence-corrected chi connectivity index (χ0v) is 18.7. The Morgan fingerprint density at radius 3 is 2.47 bits per heavy atom. The van der Waals surface area contributed by atoms with Crippen LogP contribution in [0.5, 0.6) is 5.75 Å². The van der Waals surface area contributed by atoms with Crippen LogP contribution in [0.15, 0.2) is 84.0 Å². The van der Waals surface area contributed by atoms with Gasteiger partial charge in [0.05, 0.1) is 0 Å². The van der Waals surface area contributed by atoms with E-state index in [1.807, 2.05) is 92.7 Å². The molecule has 0 saturated heterocycles. The maximum atomic E-state index is 13.1. The van der Waals surface area contributed by atoms with Crippen LogP contribution in [0, 0.1) is 13.8 Å². The van der Waals surface area contributed by atoms with Gasteiger partial charge in [0.2, 0.25) is 11.1 Å². The van der Waals surface area contributed by atoms with Crippen LogP contribution in [0.1, 0.15) is 27.8 Å². The summed E-state index contributed by atoms with van der Waals surface area (Å²) in [5.74, 6) is 1.27. The SMILES string of the molecule is Cc1ccc(NC(=O)C(Sc2n[nH]c(COc3ccccc3C)n2)c2ccccc2)cc1. The van der Waals surface area contributed by atoms with Crippen LogP contribution < -0.4 is 10.1 Å². The molecule has 7 heteroatoms. The topological polar surface area (TPSA) is 79.9 Å². The Bertz CT molecular complexity index is 1180. The average molecular weight is 445 g/mol. The number of amides is 1. The molecule has 2 N–H and O–H groups in total. The number of aromatic nitrogens is 3. The summed E-state index contributed by atoms with van der Waals surface area (Å²) >= 11 is 1.30. The van der Waals surface area contributed by atoms with Crippen molar-refractivity contribution >= 4 is 23.4 Å². The van der Waals surface area contributed by atoms with E-state index in [1.165, 1.54) is 11.8 Å². The summed E-state index contributed by atoms with van der Waals surface area (Å²) in [4.78, 5) is 17.6. The van der Waals surface area contributed by atoms with Gasteiger partial charge in [-0.1, -0.05) is 78.0 Å². The quantitative estimate of drug-likeness (QED) is 0.352. The fraction of sp³-hybridized carbons (Fsp3) is 0.160. The van der Waals surface area contributed by atoms with E-state index in [9.17, 15) is 4.79 Å². The summed E-state index contributed by atoms with van der Waals surface area (Å²) in [5, 5.41) is 10.2. The van der Waals surface area contributed by atoms with Crippen LogP contribution in [0.4, 0.5) is 5.69 Å². The lowest BCUT2D eigenvalue weighted by molar-refractivity contribution is -0.115. The monoisotopic (exact) mass is 444 g/mol. The van der Waals surface area contributed by atoms with E-state index in [4.69, 9.17) is 4.74 Å². The van der Waals surface area contributed by atoms with E-state index in [2.05, 4.69) is 20.5 Å². The molecule has 0 aliphatic heterocycles. The molecule has 4 aromatic rings. The van der Waals surface area contributed by atoms with Gasteiger partial charge in [-0.2, -0.15) is 0 Å². The Hall–Kier alpha value is -3.58. The number of nitrogens with zero attached hydrogens (tertiary/aromatic N) is 2. The smallest absolute Gasteiger partial charge is 0.242 e. The molecule has 0 fully saturated rings. The number of rotatable bonds is 8. The number of H-pyrrole nitrogens is 1. The second-order valence-electron chi connectivity index (χ2n) is 7.38. The van der Waals surface area contributed by atoms with E-state index in [-0.39, 0.29) is 12.5 Å². The molecule has 4 rings (SSSR count). The normalized spacial score (nSPS) is 11.7. The third kappa shape index (κ3) is 5.56. The van der Waals surface area contributed by atoms with Crippen LogP contribution in [0.2, 0.25) is 0 Å². The highest BCUT2D eigenvalue weighted by Crippen LogP contribution is 2.34. The standard InChI is InChI=1S/C25H24N4O2S/c1-17-12-14-20(15-13-17)26-24(30)23(19-9-4-3-5-10-19)32-25-27-22(28-29-25)16-31-21-11-7-6-8-18(21)2/h3-15,23H,16H2,1-2H3,(H,26,30)(H,27,28,29). The number of hydrogen-bond donors (Lipinski definition) is 2.